The predicted molar refractivity (Wildman–Crippen MR) is 105 cm³/mol. The Morgan fingerprint density at radius 1 is 1.26 bits per heavy atom. The van der Waals surface area contributed by atoms with Gasteiger partial charge >= 0.3 is 0 Å². The molecule has 0 spiro atoms. The summed E-state index contributed by atoms with van der Waals surface area (Å²) in [5.74, 6) is 0.925. The Morgan fingerprint density at radius 2 is 2.04 bits per heavy atom. The third-order valence-corrected chi connectivity index (χ3v) is 4.81. The van der Waals surface area contributed by atoms with Gasteiger partial charge in [0, 0.05) is 32.6 Å². The number of benzene rings is 1. The smallest absolute Gasteiger partial charge is 0.220 e. The summed E-state index contributed by atoms with van der Waals surface area (Å²) in [6, 6.07) is 9.11. The van der Waals surface area contributed by atoms with Crippen molar-refractivity contribution in [3.05, 3.63) is 47.3 Å². The molecule has 1 aromatic carbocycles. The van der Waals surface area contributed by atoms with Crippen molar-refractivity contribution in [2.45, 2.75) is 52.7 Å². The number of amides is 1. The van der Waals surface area contributed by atoms with Gasteiger partial charge in [0.05, 0.1) is 17.9 Å². The number of aromatic nitrogens is 2. The number of hydrogen-bond donors (Lipinski definition) is 2. The van der Waals surface area contributed by atoms with E-state index in [2.05, 4.69) is 39.9 Å². The molecule has 146 valence electrons. The van der Waals surface area contributed by atoms with E-state index < -0.39 is 0 Å². The molecule has 1 amide bonds. The van der Waals surface area contributed by atoms with E-state index in [4.69, 9.17) is 0 Å². The van der Waals surface area contributed by atoms with Crippen LogP contribution in [-0.4, -0.2) is 38.8 Å². The largest absolute Gasteiger partial charge is 0.508 e. The Hall–Kier alpha value is -2.34. The summed E-state index contributed by atoms with van der Waals surface area (Å²) in [4.78, 5) is 14.6. The van der Waals surface area contributed by atoms with Crippen molar-refractivity contribution < 1.29 is 9.90 Å². The van der Waals surface area contributed by atoms with E-state index in [-0.39, 0.29) is 11.7 Å². The Morgan fingerprint density at radius 3 is 2.78 bits per heavy atom. The molecule has 3 rings (SSSR count). The van der Waals surface area contributed by atoms with Crippen molar-refractivity contribution in [3.8, 4) is 5.75 Å². The normalized spacial score (nSPS) is 14.8. The van der Waals surface area contributed by atoms with Gasteiger partial charge in [-0.3, -0.25) is 14.4 Å². The summed E-state index contributed by atoms with van der Waals surface area (Å²) in [6.07, 6.45) is 2.20. The molecular formula is C21H30N4O2. The fourth-order valence-electron chi connectivity index (χ4n) is 3.54. The minimum Gasteiger partial charge on any atom is -0.508 e. The number of carbonyl (C=O) groups is 1. The predicted octanol–water partition coefficient (Wildman–Crippen LogP) is 2.70. The minimum atomic E-state index is 0.0210. The fourth-order valence-corrected chi connectivity index (χ4v) is 3.54. The Bertz CT molecular complexity index is 752. The average molecular weight is 370 g/mol. The van der Waals surface area contributed by atoms with Crippen LogP contribution < -0.4 is 5.32 Å². The molecule has 1 aliphatic rings. The third kappa shape index (κ3) is 5.82. The highest BCUT2D eigenvalue weighted by Crippen LogP contribution is 2.15. The average Bonchev–Trinajstić information content (AvgIpc) is 2.91. The number of nitrogens with one attached hydrogen (secondary N) is 1. The van der Waals surface area contributed by atoms with Crippen LogP contribution in [0.25, 0.3) is 0 Å². The van der Waals surface area contributed by atoms with E-state index in [1.165, 1.54) is 5.69 Å². The van der Waals surface area contributed by atoms with Crippen LogP contribution in [0.3, 0.4) is 0 Å². The Balaban J connectivity index is 1.48. The van der Waals surface area contributed by atoms with Gasteiger partial charge in [-0.2, -0.15) is 5.10 Å². The lowest BCUT2D eigenvalue weighted by molar-refractivity contribution is -0.121. The molecular weight excluding hydrogens is 340 g/mol. The first kappa shape index (κ1) is 19.4. The molecule has 6 heteroatoms. The molecule has 1 aromatic heterocycles. The van der Waals surface area contributed by atoms with Crippen LogP contribution in [0.5, 0.6) is 5.75 Å². The first-order chi connectivity index (χ1) is 13.0. The number of fused-ring (bicyclic) bond motifs is 1. The molecule has 6 nitrogen and oxygen atoms in total. The number of rotatable bonds is 7. The first-order valence-electron chi connectivity index (χ1n) is 9.82. The highest BCUT2D eigenvalue weighted by molar-refractivity contribution is 5.76. The molecule has 0 unspecified atom stereocenters. The molecule has 2 aromatic rings. The summed E-state index contributed by atoms with van der Waals surface area (Å²) in [5.41, 5.74) is 3.21. The zero-order valence-corrected chi connectivity index (χ0v) is 16.3. The number of hydrogen-bond acceptors (Lipinski definition) is 4. The lowest BCUT2D eigenvalue weighted by atomic mass is 10.1. The van der Waals surface area contributed by atoms with Crippen LogP contribution in [-0.2, 0) is 30.8 Å². The number of aromatic hydroxyl groups is 1. The maximum atomic E-state index is 12.1. The molecule has 0 saturated carbocycles. The van der Waals surface area contributed by atoms with Gasteiger partial charge in [-0.15, -0.1) is 0 Å². The van der Waals surface area contributed by atoms with Gasteiger partial charge in [0.1, 0.15) is 5.75 Å². The molecule has 0 fully saturated rings. The molecule has 2 N–H and O–H groups in total. The molecule has 0 bridgehead atoms. The van der Waals surface area contributed by atoms with E-state index in [1.807, 2.05) is 12.1 Å². The Kier molecular flexibility index (Phi) is 6.50. The summed E-state index contributed by atoms with van der Waals surface area (Å²) in [6.45, 7) is 9.07. The van der Waals surface area contributed by atoms with Gasteiger partial charge < -0.3 is 10.4 Å². The lowest BCUT2D eigenvalue weighted by Crippen LogP contribution is -2.27. The monoisotopic (exact) mass is 370 g/mol. The summed E-state index contributed by atoms with van der Waals surface area (Å²) < 4.78 is 2.10. The maximum Gasteiger partial charge on any atom is 0.220 e. The van der Waals surface area contributed by atoms with Gasteiger partial charge in [-0.1, -0.05) is 26.0 Å². The number of aryl methyl sites for hydroxylation is 2. The zero-order chi connectivity index (χ0) is 19.2. The highest BCUT2D eigenvalue weighted by atomic mass is 16.3. The van der Waals surface area contributed by atoms with Crippen LogP contribution >= 0.6 is 0 Å². The molecule has 2 heterocycles. The second-order valence-electron chi connectivity index (χ2n) is 7.78. The molecule has 0 atom stereocenters. The van der Waals surface area contributed by atoms with E-state index >= 15 is 0 Å². The van der Waals surface area contributed by atoms with E-state index in [1.54, 1.807) is 12.1 Å². The number of nitrogens with zero attached hydrogens (tertiary/aromatic N) is 3. The van der Waals surface area contributed by atoms with Crippen LogP contribution in [0.15, 0.2) is 30.3 Å². The molecule has 27 heavy (non-hydrogen) atoms. The third-order valence-electron chi connectivity index (χ3n) is 4.81. The molecule has 0 aliphatic carbocycles. The van der Waals surface area contributed by atoms with Crippen molar-refractivity contribution in [2.24, 2.45) is 5.92 Å². The quantitative estimate of drug-likeness (QED) is 0.786. The summed E-state index contributed by atoms with van der Waals surface area (Å²) >= 11 is 0. The second-order valence-corrected chi connectivity index (χ2v) is 7.78. The molecule has 1 aliphatic heterocycles. The van der Waals surface area contributed by atoms with Crippen molar-refractivity contribution in [1.29, 1.82) is 0 Å². The van der Waals surface area contributed by atoms with Crippen molar-refractivity contribution in [3.63, 3.8) is 0 Å². The van der Waals surface area contributed by atoms with Gasteiger partial charge in [0.15, 0.2) is 0 Å². The maximum absolute atomic E-state index is 12.1. The summed E-state index contributed by atoms with van der Waals surface area (Å²) in [5, 5.41) is 16.9. The standard InChI is InChI=1S/C21H30N4O2/c1-16(2)14-24-10-3-11-25-19(15-24)12-18(23-25)13-22-21(27)9-6-17-4-7-20(26)8-5-17/h4-5,7-8,12,16,26H,3,6,9-11,13-15H2,1-2H3,(H,22,27). The van der Waals surface area contributed by atoms with Gasteiger partial charge in [-0.05, 0) is 42.5 Å². The van der Waals surface area contributed by atoms with Gasteiger partial charge in [-0.25, -0.2) is 0 Å². The molecule has 0 saturated heterocycles. The van der Waals surface area contributed by atoms with Crippen molar-refractivity contribution >= 4 is 5.91 Å². The topological polar surface area (TPSA) is 70.4 Å². The lowest BCUT2D eigenvalue weighted by Gasteiger charge is -2.21. The Labute approximate surface area is 161 Å². The first-order valence-corrected chi connectivity index (χ1v) is 9.82. The van der Waals surface area contributed by atoms with E-state index in [9.17, 15) is 9.90 Å². The van der Waals surface area contributed by atoms with Crippen LogP contribution in [0, 0.1) is 5.92 Å². The van der Waals surface area contributed by atoms with Crippen molar-refractivity contribution in [1.82, 2.24) is 20.0 Å². The van der Waals surface area contributed by atoms with Crippen LogP contribution in [0.1, 0.15) is 43.6 Å². The van der Waals surface area contributed by atoms with Crippen LogP contribution in [0.2, 0.25) is 0 Å². The number of phenols is 1. The minimum absolute atomic E-state index is 0.0210. The van der Waals surface area contributed by atoms with Gasteiger partial charge in [0.2, 0.25) is 5.91 Å². The van der Waals surface area contributed by atoms with E-state index in [0.717, 1.165) is 43.9 Å². The van der Waals surface area contributed by atoms with E-state index in [0.29, 0.717) is 25.3 Å². The zero-order valence-electron chi connectivity index (χ0n) is 16.3. The summed E-state index contributed by atoms with van der Waals surface area (Å²) in [7, 11) is 0. The molecule has 0 radical (unpaired) electrons. The van der Waals surface area contributed by atoms with Crippen LogP contribution in [0.4, 0.5) is 0 Å². The number of phenolic OH excluding ortho intramolecular Hbond substituents is 1. The SMILES string of the molecule is CC(C)CN1CCCn2nc(CNC(=O)CCc3ccc(O)cc3)cc2C1. The number of carbonyl (C=O) groups excluding carboxylic acids is 1. The van der Waals surface area contributed by atoms with Crippen molar-refractivity contribution in [2.75, 3.05) is 13.1 Å². The second kappa shape index (κ2) is 9.04. The fraction of sp³-hybridized carbons (Fsp3) is 0.524. The van der Waals surface area contributed by atoms with Gasteiger partial charge in [0.25, 0.3) is 0 Å². The highest BCUT2D eigenvalue weighted by Gasteiger charge is 2.17.